The number of rotatable bonds is 10. The summed E-state index contributed by atoms with van der Waals surface area (Å²) in [5.74, 6) is 0. The van der Waals surface area contributed by atoms with Crippen molar-refractivity contribution in [1.29, 1.82) is 0 Å². The normalized spacial score (nSPS) is 12.3. The van der Waals surface area contributed by atoms with E-state index in [0.29, 0.717) is 0 Å². The number of hydrogen-bond donors (Lipinski definition) is 1. The zero-order valence-electron chi connectivity index (χ0n) is 13.2. The molecule has 1 aromatic rings. The lowest BCUT2D eigenvalue weighted by molar-refractivity contribution is 0.121. The van der Waals surface area contributed by atoms with Crippen LogP contribution in [0.3, 0.4) is 0 Å². The summed E-state index contributed by atoms with van der Waals surface area (Å²) in [7, 11) is 2.53. The molecule has 1 rings (SSSR count). The number of aryl methyl sites for hydroxylation is 1. The van der Waals surface area contributed by atoms with Gasteiger partial charge in [-0.05, 0) is 26.4 Å². The molecule has 0 saturated carbocycles. The van der Waals surface area contributed by atoms with Crippen LogP contribution >= 0.6 is 0 Å². The number of hydrogen-bond acceptors (Lipinski definition) is 5. The van der Waals surface area contributed by atoms with Gasteiger partial charge in [0.25, 0.3) is 0 Å². The zero-order valence-corrected chi connectivity index (χ0v) is 14.2. The number of nitrogens with one attached hydrogen (secondary N) is 1. The predicted octanol–water partition coefficient (Wildman–Crippen LogP) is 1.81. The van der Waals surface area contributed by atoms with Crippen LogP contribution in [0.1, 0.15) is 24.7 Å². The van der Waals surface area contributed by atoms with Gasteiger partial charge in [0.15, 0.2) is 0 Å². The molecule has 0 spiro atoms. The monoisotopic (exact) mass is 301 g/mol. The van der Waals surface area contributed by atoms with Crippen LogP contribution in [0.2, 0.25) is 6.04 Å². The summed E-state index contributed by atoms with van der Waals surface area (Å²) in [5.41, 5.74) is 2.25. The van der Waals surface area contributed by atoms with E-state index in [1.54, 1.807) is 27.7 Å². The van der Waals surface area contributed by atoms with E-state index in [9.17, 15) is 0 Å². The van der Waals surface area contributed by atoms with Crippen LogP contribution in [-0.2, 0) is 19.8 Å². The molecule has 0 aliphatic carbocycles. The Balaban J connectivity index is 2.44. The molecule has 1 N–H and O–H groups in total. The molecule has 0 aliphatic rings. The van der Waals surface area contributed by atoms with E-state index < -0.39 is 8.80 Å². The first kappa shape index (κ1) is 17.3. The summed E-state index contributed by atoms with van der Waals surface area (Å²) in [4.78, 5) is 9.83. The van der Waals surface area contributed by atoms with Crippen molar-refractivity contribution in [3.63, 3.8) is 0 Å². The average molecular weight is 301 g/mol. The van der Waals surface area contributed by atoms with Crippen molar-refractivity contribution in [2.45, 2.75) is 32.9 Å². The van der Waals surface area contributed by atoms with Gasteiger partial charge in [0.2, 0.25) is 0 Å². The van der Waals surface area contributed by atoms with Gasteiger partial charge in [-0.2, -0.15) is 0 Å². The van der Waals surface area contributed by atoms with E-state index >= 15 is 0 Å². The number of imidazole rings is 1. The van der Waals surface area contributed by atoms with Gasteiger partial charge in [0, 0.05) is 39.6 Å². The summed E-state index contributed by atoms with van der Waals surface area (Å²) in [6.45, 7) is 7.05. The zero-order chi connectivity index (χ0) is 15.0. The predicted molar refractivity (Wildman–Crippen MR) is 80.5 cm³/mol. The molecule has 0 fully saturated rings. The molecule has 116 valence electrons. The van der Waals surface area contributed by atoms with E-state index in [0.717, 1.165) is 43.5 Å². The molecule has 0 aromatic carbocycles. The Morgan fingerprint density at radius 2 is 1.90 bits per heavy atom. The van der Waals surface area contributed by atoms with Crippen LogP contribution in [0.15, 0.2) is 6.33 Å². The van der Waals surface area contributed by atoms with Gasteiger partial charge in [0.05, 0.1) is 12.0 Å². The Labute approximate surface area is 122 Å². The third-order valence-electron chi connectivity index (χ3n) is 3.65. The highest BCUT2D eigenvalue weighted by Crippen LogP contribution is 2.16. The van der Waals surface area contributed by atoms with Gasteiger partial charge in [-0.15, -0.1) is 0 Å². The Morgan fingerprint density at radius 1 is 1.25 bits per heavy atom. The number of aromatic amines is 1. The highest BCUT2D eigenvalue weighted by Gasteiger charge is 2.36. The molecule has 0 aliphatic heterocycles. The molecule has 6 nitrogen and oxygen atoms in total. The van der Waals surface area contributed by atoms with Crippen molar-refractivity contribution in [3.8, 4) is 0 Å². The molecular formula is C13H27N3O3Si. The molecule has 0 bridgehead atoms. The topological polar surface area (TPSA) is 59.6 Å². The Kier molecular flexibility index (Phi) is 7.39. The van der Waals surface area contributed by atoms with Crippen molar-refractivity contribution in [2.75, 3.05) is 34.4 Å². The van der Waals surface area contributed by atoms with Crippen LogP contribution < -0.4 is 0 Å². The Morgan fingerprint density at radius 3 is 2.35 bits per heavy atom. The third-order valence-corrected chi connectivity index (χ3v) is 6.48. The molecule has 1 aromatic heterocycles. The molecular weight excluding hydrogens is 274 g/mol. The van der Waals surface area contributed by atoms with E-state index in [2.05, 4.69) is 28.7 Å². The third kappa shape index (κ3) is 4.67. The Hall–Kier alpha value is -0.733. The highest BCUT2D eigenvalue weighted by atomic mass is 28.4. The number of aromatic nitrogens is 2. The minimum Gasteiger partial charge on any atom is -0.377 e. The van der Waals surface area contributed by atoms with Crippen LogP contribution in [0.5, 0.6) is 0 Å². The maximum atomic E-state index is 5.44. The first-order chi connectivity index (χ1) is 9.60. The lowest BCUT2D eigenvalue weighted by atomic mass is 10.3. The summed E-state index contributed by atoms with van der Waals surface area (Å²) >= 11 is 0. The molecule has 0 saturated heterocycles. The first-order valence-electron chi connectivity index (χ1n) is 6.97. The van der Waals surface area contributed by atoms with Crippen LogP contribution in [0.4, 0.5) is 0 Å². The van der Waals surface area contributed by atoms with Gasteiger partial charge >= 0.3 is 8.80 Å². The van der Waals surface area contributed by atoms with Crippen molar-refractivity contribution < 1.29 is 13.3 Å². The molecule has 7 heteroatoms. The average Bonchev–Trinajstić information content (AvgIpc) is 2.88. The van der Waals surface area contributed by atoms with Crippen molar-refractivity contribution in [3.05, 3.63) is 17.7 Å². The highest BCUT2D eigenvalue weighted by molar-refractivity contribution is 6.60. The Bertz CT molecular complexity index is 374. The lowest BCUT2D eigenvalue weighted by Gasteiger charge is -2.26. The van der Waals surface area contributed by atoms with Gasteiger partial charge in [0.1, 0.15) is 0 Å². The molecule has 0 radical (unpaired) electrons. The SMILES string of the molecule is CCN(CCC[Si](OC)(OC)OC)Cc1nc[nH]c1C. The second-order valence-electron chi connectivity index (χ2n) is 4.74. The summed E-state index contributed by atoms with van der Waals surface area (Å²) in [5, 5.41) is 0. The van der Waals surface area contributed by atoms with E-state index in [-0.39, 0.29) is 0 Å². The van der Waals surface area contributed by atoms with Crippen LogP contribution in [-0.4, -0.2) is 58.1 Å². The first-order valence-corrected chi connectivity index (χ1v) is 8.90. The van der Waals surface area contributed by atoms with E-state index in [1.165, 1.54) is 0 Å². The summed E-state index contributed by atoms with van der Waals surface area (Å²) < 4.78 is 16.3. The molecule has 1 heterocycles. The number of H-pyrrole nitrogens is 1. The molecule has 0 amide bonds. The minimum absolute atomic E-state index is 0.826. The maximum absolute atomic E-state index is 5.44. The fourth-order valence-electron chi connectivity index (χ4n) is 2.18. The van der Waals surface area contributed by atoms with Crippen LogP contribution in [0, 0.1) is 6.92 Å². The van der Waals surface area contributed by atoms with Crippen molar-refractivity contribution >= 4 is 8.80 Å². The van der Waals surface area contributed by atoms with Gasteiger partial charge < -0.3 is 18.3 Å². The fourth-order valence-corrected chi connectivity index (χ4v) is 3.89. The van der Waals surface area contributed by atoms with E-state index in [1.807, 2.05) is 0 Å². The molecule has 0 unspecified atom stereocenters. The smallest absolute Gasteiger partial charge is 0.377 e. The molecule has 20 heavy (non-hydrogen) atoms. The quantitative estimate of drug-likeness (QED) is 0.668. The summed E-state index contributed by atoms with van der Waals surface area (Å²) in [6, 6.07) is 0.826. The molecule has 0 atom stereocenters. The van der Waals surface area contributed by atoms with Crippen LogP contribution in [0.25, 0.3) is 0 Å². The second-order valence-corrected chi connectivity index (χ2v) is 7.83. The largest absolute Gasteiger partial charge is 0.500 e. The van der Waals surface area contributed by atoms with Crippen molar-refractivity contribution in [2.24, 2.45) is 0 Å². The van der Waals surface area contributed by atoms with Crippen molar-refractivity contribution in [1.82, 2.24) is 14.9 Å². The number of nitrogens with zero attached hydrogens (tertiary/aromatic N) is 2. The van der Waals surface area contributed by atoms with Gasteiger partial charge in [-0.25, -0.2) is 4.98 Å². The van der Waals surface area contributed by atoms with E-state index in [4.69, 9.17) is 13.3 Å². The van der Waals surface area contributed by atoms with Gasteiger partial charge in [-0.3, -0.25) is 4.90 Å². The van der Waals surface area contributed by atoms with Gasteiger partial charge in [-0.1, -0.05) is 6.92 Å². The fraction of sp³-hybridized carbons (Fsp3) is 0.769. The minimum atomic E-state index is -2.44. The standard InChI is InChI=1S/C13H27N3O3Si/c1-6-16(10-13-12(2)14-11-15-13)8-7-9-20(17-3,18-4)19-5/h11H,6-10H2,1-5H3,(H,14,15). The lowest BCUT2D eigenvalue weighted by Crippen LogP contribution is -2.43. The maximum Gasteiger partial charge on any atom is 0.500 e. The summed E-state index contributed by atoms with van der Waals surface area (Å²) in [6.07, 6.45) is 2.73. The second kappa shape index (κ2) is 8.53.